The molecule has 0 unspecified atom stereocenters. The minimum atomic E-state index is 0.0979. The molecule has 1 aromatic rings. The fourth-order valence-corrected chi connectivity index (χ4v) is 1.23. The molecule has 86 valence electrons. The van der Waals surface area contributed by atoms with Crippen molar-refractivity contribution < 1.29 is 9.84 Å². The van der Waals surface area contributed by atoms with Gasteiger partial charge in [0.25, 0.3) is 0 Å². The second kappa shape index (κ2) is 7.39. The molecule has 1 aromatic heterocycles. The summed E-state index contributed by atoms with van der Waals surface area (Å²) in [5.74, 6) is 1.03. The fraction of sp³-hybridized carbons (Fsp3) is 0.700. The highest BCUT2D eigenvalue weighted by Gasteiger charge is 1.97. The Hall–Kier alpha value is -0.910. The van der Waals surface area contributed by atoms with E-state index in [9.17, 15) is 0 Å². The normalized spacial score (nSPS) is 10.8. The summed E-state index contributed by atoms with van der Waals surface area (Å²) in [7, 11) is 1.98. The minimum Gasteiger partial charge on any atom is -0.394 e. The van der Waals surface area contributed by atoms with Crippen molar-refractivity contribution in [2.75, 3.05) is 26.4 Å². The number of aryl methyl sites for hydroxylation is 1. The van der Waals surface area contributed by atoms with Crippen LogP contribution in [-0.2, 0) is 18.3 Å². The zero-order valence-corrected chi connectivity index (χ0v) is 9.15. The first-order valence-electron chi connectivity index (χ1n) is 5.20. The quantitative estimate of drug-likeness (QED) is 0.592. The Morgan fingerprint density at radius 3 is 3.07 bits per heavy atom. The summed E-state index contributed by atoms with van der Waals surface area (Å²) < 4.78 is 7.13. The van der Waals surface area contributed by atoms with Crippen LogP contribution in [0.3, 0.4) is 0 Å². The molecule has 1 rings (SSSR count). The van der Waals surface area contributed by atoms with Gasteiger partial charge in [0, 0.05) is 26.0 Å². The highest BCUT2D eigenvalue weighted by atomic mass is 16.5. The number of imidazole rings is 1. The van der Waals surface area contributed by atoms with E-state index in [2.05, 4.69) is 10.3 Å². The van der Waals surface area contributed by atoms with Gasteiger partial charge in [0.05, 0.1) is 19.8 Å². The highest BCUT2D eigenvalue weighted by molar-refractivity contribution is 4.90. The molecule has 5 nitrogen and oxygen atoms in total. The minimum absolute atomic E-state index is 0.0979. The monoisotopic (exact) mass is 213 g/mol. The molecule has 5 heteroatoms. The van der Waals surface area contributed by atoms with Gasteiger partial charge in [-0.05, 0) is 13.0 Å². The van der Waals surface area contributed by atoms with Crippen LogP contribution in [0.4, 0.5) is 0 Å². The Balaban J connectivity index is 1.96. The summed E-state index contributed by atoms with van der Waals surface area (Å²) in [6, 6.07) is 0. The number of aliphatic hydroxyl groups excluding tert-OH is 1. The first-order chi connectivity index (χ1) is 7.34. The fourth-order valence-electron chi connectivity index (χ4n) is 1.23. The van der Waals surface area contributed by atoms with Gasteiger partial charge in [-0.25, -0.2) is 4.98 Å². The van der Waals surface area contributed by atoms with E-state index in [4.69, 9.17) is 9.84 Å². The second-order valence-corrected chi connectivity index (χ2v) is 3.32. The Morgan fingerprint density at radius 1 is 1.53 bits per heavy atom. The molecule has 0 aliphatic rings. The van der Waals surface area contributed by atoms with Crippen LogP contribution in [-0.4, -0.2) is 41.0 Å². The maximum absolute atomic E-state index is 8.47. The van der Waals surface area contributed by atoms with Gasteiger partial charge in [0.15, 0.2) is 0 Å². The zero-order valence-electron chi connectivity index (χ0n) is 9.15. The third-order valence-corrected chi connectivity index (χ3v) is 2.08. The predicted molar refractivity (Wildman–Crippen MR) is 57.4 cm³/mol. The topological polar surface area (TPSA) is 59.3 Å². The molecule has 0 radical (unpaired) electrons. The lowest BCUT2D eigenvalue weighted by molar-refractivity contribution is 0.0907. The van der Waals surface area contributed by atoms with Crippen molar-refractivity contribution in [3.05, 3.63) is 18.2 Å². The number of aliphatic hydroxyl groups is 1. The van der Waals surface area contributed by atoms with Crippen LogP contribution in [0.15, 0.2) is 12.4 Å². The Kier molecular flexibility index (Phi) is 5.99. The Bertz CT molecular complexity index is 263. The highest BCUT2D eigenvalue weighted by Crippen LogP contribution is 1.92. The summed E-state index contributed by atoms with van der Waals surface area (Å²) in [4.78, 5) is 4.20. The number of aromatic nitrogens is 2. The van der Waals surface area contributed by atoms with Crippen LogP contribution in [0.25, 0.3) is 0 Å². The lowest BCUT2D eigenvalue weighted by atomic mass is 10.4. The molecule has 1 heterocycles. The molecule has 0 aliphatic heterocycles. The summed E-state index contributed by atoms with van der Waals surface area (Å²) in [5.41, 5.74) is 0. The average Bonchev–Trinajstić information content (AvgIpc) is 2.63. The van der Waals surface area contributed by atoms with Crippen molar-refractivity contribution in [1.29, 1.82) is 0 Å². The van der Waals surface area contributed by atoms with E-state index < -0.39 is 0 Å². The molecule has 0 spiro atoms. The zero-order chi connectivity index (χ0) is 10.9. The van der Waals surface area contributed by atoms with Crippen molar-refractivity contribution in [2.45, 2.75) is 13.0 Å². The van der Waals surface area contributed by atoms with E-state index in [0.717, 1.165) is 25.3 Å². The van der Waals surface area contributed by atoms with Gasteiger partial charge < -0.3 is 19.7 Å². The van der Waals surface area contributed by atoms with Crippen LogP contribution in [0.5, 0.6) is 0 Å². The SMILES string of the molecule is Cn1ccnc1CNCCCOCCO. The lowest BCUT2D eigenvalue weighted by Crippen LogP contribution is -2.18. The Labute approximate surface area is 90.1 Å². The van der Waals surface area contributed by atoms with Crippen molar-refractivity contribution >= 4 is 0 Å². The molecule has 0 aromatic carbocycles. The van der Waals surface area contributed by atoms with Gasteiger partial charge in [0.1, 0.15) is 5.82 Å². The van der Waals surface area contributed by atoms with Crippen molar-refractivity contribution in [2.24, 2.45) is 7.05 Å². The van der Waals surface area contributed by atoms with E-state index in [-0.39, 0.29) is 6.61 Å². The summed E-state index contributed by atoms with van der Waals surface area (Å²) in [6.45, 7) is 2.90. The molecule has 0 saturated carbocycles. The molecule has 0 amide bonds. The lowest BCUT2D eigenvalue weighted by Gasteiger charge is -2.05. The number of rotatable bonds is 8. The summed E-state index contributed by atoms with van der Waals surface area (Å²) in [6.07, 6.45) is 4.67. The molecule has 0 fully saturated rings. The molecule has 0 bridgehead atoms. The van der Waals surface area contributed by atoms with Crippen molar-refractivity contribution in [1.82, 2.24) is 14.9 Å². The number of nitrogens with zero attached hydrogens (tertiary/aromatic N) is 2. The van der Waals surface area contributed by atoms with E-state index in [0.29, 0.717) is 13.2 Å². The number of hydrogen-bond donors (Lipinski definition) is 2. The molecule has 0 saturated heterocycles. The Morgan fingerprint density at radius 2 is 2.40 bits per heavy atom. The van der Waals surface area contributed by atoms with Crippen LogP contribution in [0, 0.1) is 0 Å². The van der Waals surface area contributed by atoms with Crippen molar-refractivity contribution in [3.63, 3.8) is 0 Å². The van der Waals surface area contributed by atoms with Gasteiger partial charge in [0.2, 0.25) is 0 Å². The standard InChI is InChI=1S/C10H19N3O2/c1-13-5-4-12-10(13)9-11-3-2-7-15-8-6-14/h4-5,11,14H,2-3,6-9H2,1H3. The van der Waals surface area contributed by atoms with Gasteiger partial charge in [-0.1, -0.05) is 0 Å². The smallest absolute Gasteiger partial charge is 0.122 e. The van der Waals surface area contributed by atoms with E-state index in [1.165, 1.54) is 0 Å². The summed E-state index contributed by atoms with van der Waals surface area (Å²) >= 11 is 0. The first-order valence-corrected chi connectivity index (χ1v) is 5.20. The molecule has 15 heavy (non-hydrogen) atoms. The van der Waals surface area contributed by atoms with Gasteiger partial charge >= 0.3 is 0 Å². The third-order valence-electron chi connectivity index (χ3n) is 2.08. The van der Waals surface area contributed by atoms with Gasteiger partial charge in [-0.3, -0.25) is 0 Å². The largest absolute Gasteiger partial charge is 0.394 e. The second-order valence-electron chi connectivity index (χ2n) is 3.32. The summed E-state index contributed by atoms with van der Waals surface area (Å²) in [5, 5.41) is 11.8. The third kappa shape index (κ3) is 4.92. The molecule has 2 N–H and O–H groups in total. The average molecular weight is 213 g/mol. The van der Waals surface area contributed by atoms with E-state index in [1.54, 1.807) is 6.20 Å². The van der Waals surface area contributed by atoms with E-state index in [1.807, 2.05) is 17.8 Å². The molecule has 0 aliphatic carbocycles. The van der Waals surface area contributed by atoms with Crippen LogP contribution >= 0.6 is 0 Å². The number of nitrogens with one attached hydrogen (secondary N) is 1. The van der Waals surface area contributed by atoms with Crippen LogP contribution in [0.2, 0.25) is 0 Å². The van der Waals surface area contributed by atoms with Crippen molar-refractivity contribution in [3.8, 4) is 0 Å². The predicted octanol–water partition coefficient (Wildman–Crippen LogP) is -0.0913. The molecule has 0 atom stereocenters. The van der Waals surface area contributed by atoms with Crippen LogP contribution in [0.1, 0.15) is 12.2 Å². The number of hydrogen-bond acceptors (Lipinski definition) is 4. The maximum atomic E-state index is 8.47. The maximum Gasteiger partial charge on any atom is 0.122 e. The van der Waals surface area contributed by atoms with Gasteiger partial charge in [-0.15, -0.1) is 0 Å². The van der Waals surface area contributed by atoms with E-state index >= 15 is 0 Å². The van der Waals surface area contributed by atoms with Crippen LogP contribution < -0.4 is 5.32 Å². The first kappa shape index (κ1) is 12.2. The van der Waals surface area contributed by atoms with Gasteiger partial charge in [-0.2, -0.15) is 0 Å². The number of ether oxygens (including phenoxy) is 1. The molecular weight excluding hydrogens is 194 g/mol. The molecular formula is C10H19N3O2.